The molecule has 0 spiro atoms. The molecule has 0 heterocycles. The van der Waals surface area contributed by atoms with Crippen molar-refractivity contribution in [3.05, 3.63) is 34.3 Å². The van der Waals surface area contributed by atoms with E-state index in [4.69, 9.17) is 22.1 Å². The van der Waals surface area contributed by atoms with Gasteiger partial charge >= 0.3 is 0 Å². The summed E-state index contributed by atoms with van der Waals surface area (Å²) in [5, 5.41) is 0.770. The zero-order valence-electron chi connectivity index (χ0n) is 8.92. The second-order valence-corrected chi connectivity index (χ2v) is 4.62. The molecule has 0 amide bonds. The van der Waals surface area contributed by atoms with Gasteiger partial charge in [0.15, 0.2) is 0 Å². The van der Waals surface area contributed by atoms with Gasteiger partial charge in [0.1, 0.15) is 0 Å². The molecule has 0 aliphatic heterocycles. The van der Waals surface area contributed by atoms with Gasteiger partial charge < -0.3 is 10.5 Å². The van der Waals surface area contributed by atoms with E-state index in [1.807, 2.05) is 18.2 Å². The molecule has 82 valence electrons. The predicted octanol–water partition coefficient (Wildman–Crippen LogP) is 2.82. The quantitative estimate of drug-likeness (QED) is 0.859. The highest BCUT2D eigenvalue weighted by molar-refractivity contribution is 6.31. The maximum atomic E-state index is 6.32. The highest BCUT2D eigenvalue weighted by atomic mass is 35.5. The first-order valence-corrected chi connectivity index (χ1v) is 5.61. The lowest BCUT2D eigenvalue weighted by Gasteiger charge is -2.40. The highest BCUT2D eigenvalue weighted by Gasteiger charge is 2.37. The van der Waals surface area contributed by atoms with Crippen LogP contribution in [0, 0.1) is 0 Å². The molecule has 1 saturated carbocycles. The number of rotatable bonds is 3. The lowest BCUT2D eigenvalue weighted by Crippen LogP contribution is -2.44. The first-order chi connectivity index (χ1) is 7.17. The van der Waals surface area contributed by atoms with E-state index < -0.39 is 0 Å². The molecule has 0 unspecified atom stereocenters. The molecular formula is C12H16ClNO. The van der Waals surface area contributed by atoms with Gasteiger partial charge in [0.25, 0.3) is 0 Å². The largest absolute Gasteiger partial charge is 0.380 e. The van der Waals surface area contributed by atoms with Crippen molar-refractivity contribution in [1.29, 1.82) is 0 Å². The van der Waals surface area contributed by atoms with Gasteiger partial charge in [-0.1, -0.05) is 23.7 Å². The molecular weight excluding hydrogens is 210 g/mol. The van der Waals surface area contributed by atoms with Crippen LogP contribution in [0.25, 0.3) is 0 Å². The fourth-order valence-electron chi connectivity index (χ4n) is 2.21. The molecule has 0 radical (unpaired) electrons. The van der Waals surface area contributed by atoms with E-state index in [0.717, 1.165) is 29.0 Å². The molecule has 2 rings (SSSR count). The molecule has 0 atom stereocenters. The molecule has 3 heteroatoms. The number of halogens is 1. The predicted molar refractivity (Wildman–Crippen MR) is 61.9 cm³/mol. The van der Waals surface area contributed by atoms with Gasteiger partial charge in [-0.2, -0.15) is 0 Å². The van der Waals surface area contributed by atoms with Gasteiger partial charge in [-0.25, -0.2) is 0 Å². The zero-order chi connectivity index (χ0) is 10.9. The van der Waals surface area contributed by atoms with E-state index >= 15 is 0 Å². The van der Waals surface area contributed by atoms with Crippen LogP contribution in [0.5, 0.6) is 0 Å². The van der Waals surface area contributed by atoms with Crippen molar-refractivity contribution in [3.8, 4) is 0 Å². The first-order valence-electron chi connectivity index (χ1n) is 5.23. The minimum Gasteiger partial charge on any atom is -0.380 e. The molecule has 1 aliphatic carbocycles. The minimum atomic E-state index is -0.216. The SMILES string of the molecule is COCc1cccc(Cl)c1C1(N)CCC1. The van der Waals surface area contributed by atoms with Crippen molar-refractivity contribution in [2.75, 3.05) is 7.11 Å². The lowest BCUT2D eigenvalue weighted by molar-refractivity contribution is 0.178. The number of hydrogen-bond donors (Lipinski definition) is 1. The molecule has 1 aliphatic rings. The normalized spacial score (nSPS) is 18.6. The van der Waals surface area contributed by atoms with Crippen LogP contribution in [0.1, 0.15) is 30.4 Å². The minimum absolute atomic E-state index is 0.216. The van der Waals surface area contributed by atoms with Crippen LogP contribution in [0.2, 0.25) is 5.02 Å². The van der Waals surface area contributed by atoms with Crippen molar-refractivity contribution in [1.82, 2.24) is 0 Å². The summed E-state index contributed by atoms with van der Waals surface area (Å²) in [4.78, 5) is 0. The van der Waals surface area contributed by atoms with E-state index in [2.05, 4.69) is 0 Å². The number of nitrogens with two attached hydrogens (primary N) is 1. The molecule has 1 aromatic rings. The number of hydrogen-bond acceptors (Lipinski definition) is 2. The van der Waals surface area contributed by atoms with Crippen LogP contribution in [0.3, 0.4) is 0 Å². The Morgan fingerprint density at radius 3 is 2.73 bits per heavy atom. The Bertz CT molecular complexity index is 361. The number of methoxy groups -OCH3 is 1. The molecule has 2 nitrogen and oxygen atoms in total. The van der Waals surface area contributed by atoms with E-state index in [-0.39, 0.29) is 5.54 Å². The molecule has 0 saturated heterocycles. The van der Waals surface area contributed by atoms with Crippen LogP contribution in [0.15, 0.2) is 18.2 Å². The molecule has 0 aromatic heterocycles. The summed E-state index contributed by atoms with van der Waals surface area (Å²) in [7, 11) is 1.69. The summed E-state index contributed by atoms with van der Waals surface area (Å²) in [6.45, 7) is 0.578. The summed E-state index contributed by atoms with van der Waals surface area (Å²) in [6, 6.07) is 5.89. The number of ether oxygens (including phenoxy) is 1. The third kappa shape index (κ3) is 1.89. The highest BCUT2D eigenvalue weighted by Crippen LogP contribution is 2.43. The van der Waals surface area contributed by atoms with E-state index in [1.165, 1.54) is 6.42 Å². The average Bonchev–Trinajstić information content (AvgIpc) is 2.15. The standard InChI is InChI=1S/C12H16ClNO/c1-15-8-9-4-2-5-10(13)11(9)12(14)6-3-7-12/h2,4-5H,3,6-8,14H2,1H3. The second kappa shape index (κ2) is 4.12. The van der Waals surface area contributed by atoms with Crippen LogP contribution < -0.4 is 5.73 Å². The zero-order valence-corrected chi connectivity index (χ0v) is 9.68. The Morgan fingerprint density at radius 1 is 1.47 bits per heavy atom. The Balaban J connectivity index is 2.42. The number of benzene rings is 1. The molecule has 15 heavy (non-hydrogen) atoms. The molecule has 0 bridgehead atoms. The van der Waals surface area contributed by atoms with Crippen molar-refractivity contribution >= 4 is 11.6 Å². The van der Waals surface area contributed by atoms with Gasteiger partial charge in [0.05, 0.1) is 6.61 Å². The summed E-state index contributed by atoms with van der Waals surface area (Å²) < 4.78 is 5.17. The fraction of sp³-hybridized carbons (Fsp3) is 0.500. The maximum Gasteiger partial charge on any atom is 0.0716 e. The van der Waals surface area contributed by atoms with Crippen LogP contribution >= 0.6 is 11.6 Å². The van der Waals surface area contributed by atoms with Crippen molar-refractivity contribution in [3.63, 3.8) is 0 Å². The van der Waals surface area contributed by atoms with Crippen molar-refractivity contribution < 1.29 is 4.74 Å². The van der Waals surface area contributed by atoms with Gasteiger partial charge in [-0.3, -0.25) is 0 Å². The second-order valence-electron chi connectivity index (χ2n) is 4.22. The monoisotopic (exact) mass is 225 g/mol. The molecule has 1 aromatic carbocycles. The Hall–Kier alpha value is -0.570. The smallest absolute Gasteiger partial charge is 0.0716 e. The van der Waals surface area contributed by atoms with Gasteiger partial charge in [-0.15, -0.1) is 0 Å². The average molecular weight is 226 g/mol. The molecule has 2 N–H and O–H groups in total. The third-order valence-corrected chi connectivity index (χ3v) is 3.46. The Kier molecular flexibility index (Phi) is 3.01. The van der Waals surface area contributed by atoms with Crippen LogP contribution in [-0.4, -0.2) is 7.11 Å². The summed E-state index contributed by atoms with van der Waals surface area (Å²) in [5.74, 6) is 0. The third-order valence-electron chi connectivity index (χ3n) is 3.14. The maximum absolute atomic E-state index is 6.32. The Morgan fingerprint density at radius 2 is 2.20 bits per heavy atom. The van der Waals surface area contributed by atoms with E-state index in [0.29, 0.717) is 6.61 Å². The fourth-order valence-corrected chi connectivity index (χ4v) is 2.59. The van der Waals surface area contributed by atoms with Crippen LogP contribution in [0.4, 0.5) is 0 Å². The van der Waals surface area contributed by atoms with Crippen molar-refractivity contribution in [2.24, 2.45) is 5.73 Å². The van der Waals surface area contributed by atoms with Crippen LogP contribution in [-0.2, 0) is 16.9 Å². The Labute approximate surface area is 95.4 Å². The van der Waals surface area contributed by atoms with E-state index in [9.17, 15) is 0 Å². The van der Waals surface area contributed by atoms with Gasteiger partial charge in [0, 0.05) is 17.7 Å². The summed E-state index contributed by atoms with van der Waals surface area (Å²) in [5.41, 5.74) is 8.30. The topological polar surface area (TPSA) is 35.2 Å². The molecule has 1 fully saturated rings. The van der Waals surface area contributed by atoms with E-state index in [1.54, 1.807) is 7.11 Å². The van der Waals surface area contributed by atoms with Gasteiger partial charge in [-0.05, 0) is 36.5 Å². The summed E-state index contributed by atoms with van der Waals surface area (Å²) in [6.07, 6.45) is 3.23. The van der Waals surface area contributed by atoms with Gasteiger partial charge in [0.2, 0.25) is 0 Å². The van der Waals surface area contributed by atoms with Crippen molar-refractivity contribution in [2.45, 2.75) is 31.4 Å². The summed E-state index contributed by atoms with van der Waals surface area (Å²) >= 11 is 6.23. The lowest BCUT2D eigenvalue weighted by atomic mass is 9.71. The first kappa shape index (κ1) is 10.9.